The van der Waals surface area contributed by atoms with Crippen LogP contribution >= 0.6 is 0 Å². The van der Waals surface area contributed by atoms with Crippen LogP contribution in [0.4, 0.5) is 10.1 Å². The first kappa shape index (κ1) is 19.3. The predicted octanol–water partition coefficient (Wildman–Crippen LogP) is 4.91. The summed E-state index contributed by atoms with van der Waals surface area (Å²) in [5.41, 5.74) is 1.93. The Morgan fingerprint density at radius 2 is 1.43 bits per heavy atom. The van der Waals surface area contributed by atoms with Crippen LogP contribution in [0.25, 0.3) is 0 Å². The lowest BCUT2D eigenvalue weighted by molar-refractivity contribution is -0.140. The average Bonchev–Trinajstić information content (AvgIpc) is 2.73. The van der Waals surface area contributed by atoms with Gasteiger partial charge < -0.3 is 10.6 Å². The minimum atomic E-state index is -0.295. The number of halogens is 1. The molecule has 0 aliphatic heterocycles. The second-order valence-corrected chi connectivity index (χ2v) is 9.54. The van der Waals surface area contributed by atoms with E-state index in [0.717, 1.165) is 48.3 Å². The van der Waals surface area contributed by atoms with E-state index in [1.807, 2.05) is 0 Å². The van der Waals surface area contributed by atoms with Gasteiger partial charge in [0.25, 0.3) is 5.91 Å². The summed E-state index contributed by atoms with van der Waals surface area (Å²) in [4.78, 5) is 25.5. The van der Waals surface area contributed by atoms with Crippen LogP contribution < -0.4 is 10.6 Å². The molecular formula is C25H27FN2O2. The van der Waals surface area contributed by atoms with E-state index in [1.54, 1.807) is 36.4 Å². The third-order valence-electron chi connectivity index (χ3n) is 7.29. The number of carbonyl (C=O) groups is 2. The molecule has 156 valence electrons. The van der Waals surface area contributed by atoms with E-state index in [0.29, 0.717) is 12.1 Å². The summed E-state index contributed by atoms with van der Waals surface area (Å²) in [7, 11) is 0. The van der Waals surface area contributed by atoms with E-state index in [9.17, 15) is 14.0 Å². The molecule has 0 atom stereocenters. The number of anilines is 1. The third kappa shape index (κ3) is 3.73. The molecule has 4 fully saturated rings. The van der Waals surface area contributed by atoms with Crippen LogP contribution in [-0.2, 0) is 11.3 Å². The Morgan fingerprint density at radius 1 is 0.867 bits per heavy atom. The van der Waals surface area contributed by atoms with E-state index < -0.39 is 0 Å². The zero-order valence-corrected chi connectivity index (χ0v) is 17.0. The van der Waals surface area contributed by atoms with Gasteiger partial charge in [-0.1, -0.05) is 12.1 Å². The van der Waals surface area contributed by atoms with Gasteiger partial charge in [0.15, 0.2) is 0 Å². The fourth-order valence-electron chi connectivity index (χ4n) is 6.24. The van der Waals surface area contributed by atoms with Gasteiger partial charge >= 0.3 is 0 Å². The molecule has 4 aliphatic rings. The summed E-state index contributed by atoms with van der Waals surface area (Å²) in [5.74, 6) is 1.86. The lowest BCUT2D eigenvalue weighted by atomic mass is 9.49. The Hall–Kier alpha value is -2.69. The Morgan fingerprint density at radius 3 is 2.00 bits per heavy atom. The van der Waals surface area contributed by atoms with Crippen molar-refractivity contribution in [3.8, 4) is 0 Å². The van der Waals surface area contributed by atoms with Gasteiger partial charge in [0.1, 0.15) is 5.82 Å². The molecule has 2 aromatic carbocycles. The molecule has 5 heteroatoms. The maximum absolute atomic E-state index is 13.2. The molecule has 0 aromatic heterocycles. The van der Waals surface area contributed by atoms with Crippen molar-refractivity contribution in [2.45, 2.75) is 45.1 Å². The summed E-state index contributed by atoms with van der Waals surface area (Å²) in [6, 6.07) is 13.1. The largest absolute Gasteiger partial charge is 0.348 e. The fraction of sp³-hybridized carbons (Fsp3) is 0.440. The van der Waals surface area contributed by atoms with Crippen molar-refractivity contribution in [2.75, 3.05) is 5.32 Å². The maximum atomic E-state index is 13.2. The van der Waals surface area contributed by atoms with Crippen LogP contribution in [0.5, 0.6) is 0 Å². The average molecular weight is 407 g/mol. The highest BCUT2D eigenvalue weighted by Crippen LogP contribution is 2.60. The molecule has 2 N–H and O–H groups in total. The molecule has 0 saturated heterocycles. The molecule has 2 amide bonds. The number of amides is 2. The number of benzene rings is 2. The second kappa shape index (κ2) is 7.53. The Labute approximate surface area is 176 Å². The minimum Gasteiger partial charge on any atom is -0.348 e. The van der Waals surface area contributed by atoms with Crippen LogP contribution in [0.3, 0.4) is 0 Å². The summed E-state index contributed by atoms with van der Waals surface area (Å²) in [6.45, 7) is 0.337. The number of rotatable bonds is 5. The highest BCUT2D eigenvalue weighted by Gasteiger charge is 2.54. The van der Waals surface area contributed by atoms with Gasteiger partial charge in [-0.15, -0.1) is 0 Å². The fourth-order valence-corrected chi connectivity index (χ4v) is 6.24. The number of carbonyl (C=O) groups excluding carboxylic acids is 2. The lowest BCUT2D eigenvalue weighted by Crippen LogP contribution is -2.51. The molecule has 0 spiro atoms. The van der Waals surface area contributed by atoms with Crippen LogP contribution in [0, 0.1) is 29.0 Å². The van der Waals surface area contributed by atoms with Gasteiger partial charge in [-0.2, -0.15) is 0 Å². The normalized spacial score (nSPS) is 28.9. The molecule has 4 bridgehead atoms. The Kier molecular flexibility index (Phi) is 4.84. The van der Waals surface area contributed by atoms with E-state index in [2.05, 4.69) is 10.6 Å². The van der Waals surface area contributed by atoms with Crippen molar-refractivity contribution in [1.29, 1.82) is 0 Å². The minimum absolute atomic E-state index is 0.162. The summed E-state index contributed by atoms with van der Waals surface area (Å²) in [6.07, 6.45) is 7.05. The monoisotopic (exact) mass is 406 g/mol. The molecule has 2 aromatic rings. The van der Waals surface area contributed by atoms with Crippen LogP contribution in [0.1, 0.15) is 54.4 Å². The molecule has 4 aliphatic carbocycles. The quantitative estimate of drug-likeness (QED) is 0.741. The van der Waals surface area contributed by atoms with Crippen molar-refractivity contribution in [1.82, 2.24) is 5.32 Å². The van der Waals surface area contributed by atoms with Gasteiger partial charge in [0.2, 0.25) is 5.91 Å². The predicted molar refractivity (Wildman–Crippen MR) is 113 cm³/mol. The van der Waals surface area contributed by atoms with E-state index >= 15 is 0 Å². The molecule has 0 radical (unpaired) electrons. The van der Waals surface area contributed by atoms with Gasteiger partial charge in [-0.25, -0.2) is 4.39 Å². The van der Waals surface area contributed by atoms with Crippen molar-refractivity contribution in [3.05, 3.63) is 65.5 Å². The maximum Gasteiger partial charge on any atom is 0.251 e. The molecular weight excluding hydrogens is 379 g/mol. The van der Waals surface area contributed by atoms with Gasteiger partial charge in [0, 0.05) is 17.8 Å². The highest BCUT2D eigenvalue weighted by molar-refractivity contribution is 5.97. The zero-order chi connectivity index (χ0) is 20.7. The van der Waals surface area contributed by atoms with Gasteiger partial charge in [-0.05, 0) is 98.2 Å². The molecule has 6 rings (SSSR count). The van der Waals surface area contributed by atoms with Crippen molar-refractivity contribution >= 4 is 17.5 Å². The van der Waals surface area contributed by atoms with E-state index in [4.69, 9.17) is 0 Å². The molecule has 30 heavy (non-hydrogen) atoms. The van der Waals surface area contributed by atoms with Crippen molar-refractivity contribution < 1.29 is 14.0 Å². The van der Waals surface area contributed by atoms with Crippen LogP contribution in [-0.4, -0.2) is 11.8 Å². The van der Waals surface area contributed by atoms with Crippen molar-refractivity contribution in [2.24, 2.45) is 23.2 Å². The lowest BCUT2D eigenvalue weighted by Gasteiger charge is -2.55. The van der Waals surface area contributed by atoms with Gasteiger partial charge in [-0.3, -0.25) is 9.59 Å². The standard InChI is InChI=1S/C25H27FN2O2/c26-21-5-1-16(2-6-21)15-27-23(29)20-3-7-22(8-4-20)28-24(30)25-12-17-9-18(13-25)11-19(10-17)14-25/h1-8,17-19H,9-15H2,(H,27,29)(H,28,30). The van der Waals surface area contributed by atoms with E-state index in [-0.39, 0.29) is 23.0 Å². The summed E-state index contributed by atoms with van der Waals surface area (Å²) < 4.78 is 13.0. The first-order valence-corrected chi connectivity index (χ1v) is 10.9. The Bertz CT molecular complexity index is 917. The molecule has 4 nitrogen and oxygen atoms in total. The smallest absolute Gasteiger partial charge is 0.251 e. The van der Waals surface area contributed by atoms with E-state index in [1.165, 1.54) is 31.4 Å². The highest BCUT2D eigenvalue weighted by atomic mass is 19.1. The molecule has 4 saturated carbocycles. The van der Waals surface area contributed by atoms with Crippen LogP contribution in [0.15, 0.2) is 48.5 Å². The number of hydrogen-bond donors (Lipinski definition) is 2. The Balaban J connectivity index is 1.19. The first-order valence-electron chi connectivity index (χ1n) is 10.9. The zero-order valence-electron chi connectivity index (χ0n) is 17.0. The summed E-state index contributed by atoms with van der Waals surface area (Å²) >= 11 is 0. The topological polar surface area (TPSA) is 58.2 Å². The number of nitrogens with one attached hydrogen (secondary N) is 2. The first-order chi connectivity index (χ1) is 14.5. The van der Waals surface area contributed by atoms with Gasteiger partial charge in [0.05, 0.1) is 5.41 Å². The second-order valence-electron chi connectivity index (χ2n) is 9.54. The third-order valence-corrected chi connectivity index (χ3v) is 7.29. The molecule has 0 heterocycles. The SMILES string of the molecule is O=C(NCc1ccc(F)cc1)c1ccc(NC(=O)C23CC4CC(CC(C4)C2)C3)cc1. The van der Waals surface area contributed by atoms with Crippen LogP contribution in [0.2, 0.25) is 0 Å². The summed E-state index contributed by atoms with van der Waals surface area (Å²) in [5, 5.41) is 5.96. The molecule has 0 unspecified atom stereocenters. The number of hydrogen-bond acceptors (Lipinski definition) is 2. The van der Waals surface area contributed by atoms with Crippen molar-refractivity contribution in [3.63, 3.8) is 0 Å².